The maximum Gasteiger partial charge on any atom is 0.0622 e. The molecular formula is C9H16O2. The lowest BCUT2D eigenvalue weighted by Gasteiger charge is -2.32. The van der Waals surface area contributed by atoms with Gasteiger partial charge >= 0.3 is 0 Å². The van der Waals surface area contributed by atoms with Gasteiger partial charge in [0.05, 0.1) is 12.2 Å². The molecule has 0 N–H and O–H groups in total. The van der Waals surface area contributed by atoms with E-state index in [-0.39, 0.29) is 0 Å². The topological polar surface area (TPSA) is 18.5 Å². The summed E-state index contributed by atoms with van der Waals surface area (Å²) in [6.45, 7) is 1.80. The van der Waals surface area contributed by atoms with Crippen molar-refractivity contribution in [2.75, 3.05) is 13.2 Å². The smallest absolute Gasteiger partial charge is 0.0622 e. The minimum Gasteiger partial charge on any atom is -0.381 e. The molecule has 0 aromatic heterocycles. The van der Waals surface area contributed by atoms with Crippen LogP contribution in [-0.4, -0.2) is 25.4 Å². The molecule has 64 valence electrons. The Kier molecular flexibility index (Phi) is 2.44. The molecule has 1 saturated carbocycles. The van der Waals surface area contributed by atoms with Crippen LogP contribution in [0.3, 0.4) is 0 Å². The van der Waals surface area contributed by atoms with Gasteiger partial charge in [0.15, 0.2) is 0 Å². The van der Waals surface area contributed by atoms with Crippen LogP contribution in [0.1, 0.15) is 32.1 Å². The van der Waals surface area contributed by atoms with E-state index in [1.165, 1.54) is 19.3 Å². The third-order valence-corrected chi connectivity index (χ3v) is 2.61. The molecule has 2 fully saturated rings. The molecule has 2 heteroatoms. The lowest BCUT2D eigenvalue weighted by atomic mass is 9.95. The van der Waals surface area contributed by atoms with E-state index < -0.39 is 0 Å². The summed E-state index contributed by atoms with van der Waals surface area (Å²) in [5.74, 6) is 0. The minimum absolute atomic E-state index is 0.508. The van der Waals surface area contributed by atoms with Crippen LogP contribution in [-0.2, 0) is 9.47 Å². The highest BCUT2D eigenvalue weighted by atomic mass is 16.5. The van der Waals surface area contributed by atoms with Crippen molar-refractivity contribution < 1.29 is 9.47 Å². The molecule has 0 spiro atoms. The fourth-order valence-corrected chi connectivity index (χ4v) is 1.59. The normalized spacial score (nSPS) is 28.4. The molecule has 11 heavy (non-hydrogen) atoms. The van der Waals surface area contributed by atoms with E-state index in [2.05, 4.69) is 0 Å². The predicted octanol–water partition coefficient (Wildman–Crippen LogP) is 1.73. The van der Waals surface area contributed by atoms with Crippen LogP contribution < -0.4 is 0 Å². The largest absolute Gasteiger partial charge is 0.381 e. The molecule has 1 aliphatic heterocycles. The van der Waals surface area contributed by atoms with Crippen LogP contribution in [0.15, 0.2) is 0 Å². The Morgan fingerprint density at radius 1 is 0.909 bits per heavy atom. The first-order valence-electron chi connectivity index (χ1n) is 4.68. The van der Waals surface area contributed by atoms with E-state index in [9.17, 15) is 0 Å². The van der Waals surface area contributed by atoms with Crippen LogP contribution in [0.25, 0.3) is 0 Å². The predicted molar refractivity (Wildman–Crippen MR) is 42.6 cm³/mol. The van der Waals surface area contributed by atoms with Crippen LogP contribution in [0.2, 0.25) is 0 Å². The summed E-state index contributed by atoms with van der Waals surface area (Å²) >= 11 is 0. The standard InChI is InChI=1S/C9H16O2/c1-2-8(3-1)11-9-4-6-10-7-5-9/h8-9H,1-7H2. The molecular weight excluding hydrogens is 140 g/mol. The Balaban J connectivity index is 1.67. The summed E-state index contributed by atoms with van der Waals surface area (Å²) in [5.41, 5.74) is 0. The van der Waals surface area contributed by atoms with E-state index >= 15 is 0 Å². The monoisotopic (exact) mass is 156 g/mol. The zero-order valence-corrected chi connectivity index (χ0v) is 6.92. The molecule has 0 atom stereocenters. The lowest BCUT2D eigenvalue weighted by Crippen LogP contribution is -2.31. The van der Waals surface area contributed by atoms with E-state index in [0.717, 1.165) is 26.1 Å². The van der Waals surface area contributed by atoms with Gasteiger partial charge < -0.3 is 9.47 Å². The summed E-state index contributed by atoms with van der Waals surface area (Å²) in [4.78, 5) is 0. The molecule has 1 aliphatic carbocycles. The van der Waals surface area contributed by atoms with Crippen LogP contribution in [0, 0.1) is 0 Å². The van der Waals surface area contributed by atoms with Crippen molar-refractivity contribution in [1.82, 2.24) is 0 Å². The molecule has 0 aromatic rings. The van der Waals surface area contributed by atoms with Crippen molar-refractivity contribution in [3.05, 3.63) is 0 Å². The quantitative estimate of drug-likeness (QED) is 0.606. The highest BCUT2D eigenvalue weighted by Gasteiger charge is 2.23. The van der Waals surface area contributed by atoms with E-state index in [1.807, 2.05) is 0 Å². The van der Waals surface area contributed by atoms with Crippen molar-refractivity contribution in [3.8, 4) is 0 Å². The second-order valence-electron chi connectivity index (χ2n) is 3.50. The summed E-state index contributed by atoms with van der Waals surface area (Å²) in [7, 11) is 0. The van der Waals surface area contributed by atoms with Crippen molar-refractivity contribution in [3.63, 3.8) is 0 Å². The van der Waals surface area contributed by atoms with Crippen molar-refractivity contribution in [1.29, 1.82) is 0 Å². The van der Waals surface area contributed by atoms with Gasteiger partial charge in [0.1, 0.15) is 0 Å². The molecule has 1 saturated heterocycles. The summed E-state index contributed by atoms with van der Waals surface area (Å²) in [6.07, 6.45) is 7.27. The Hall–Kier alpha value is -0.0800. The van der Waals surface area contributed by atoms with Gasteiger partial charge in [-0.25, -0.2) is 0 Å². The average molecular weight is 156 g/mol. The van der Waals surface area contributed by atoms with E-state index in [0.29, 0.717) is 12.2 Å². The zero-order chi connectivity index (χ0) is 7.52. The highest BCUT2D eigenvalue weighted by Crippen LogP contribution is 2.25. The number of hydrogen-bond donors (Lipinski definition) is 0. The van der Waals surface area contributed by atoms with Crippen molar-refractivity contribution in [2.45, 2.75) is 44.3 Å². The van der Waals surface area contributed by atoms with Gasteiger partial charge in [0.2, 0.25) is 0 Å². The molecule has 0 unspecified atom stereocenters. The van der Waals surface area contributed by atoms with Crippen molar-refractivity contribution >= 4 is 0 Å². The number of rotatable bonds is 2. The highest BCUT2D eigenvalue weighted by molar-refractivity contribution is 4.73. The maximum absolute atomic E-state index is 5.85. The Bertz CT molecular complexity index is 115. The van der Waals surface area contributed by atoms with Crippen LogP contribution >= 0.6 is 0 Å². The Morgan fingerprint density at radius 3 is 2.09 bits per heavy atom. The van der Waals surface area contributed by atoms with Crippen LogP contribution in [0.5, 0.6) is 0 Å². The summed E-state index contributed by atoms with van der Waals surface area (Å²) in [5, 5.41) is 0. The van der Waals surface area contributed by atoms with Gasteiger partial charge in [-0.3, -0.25) is 0 Å². The van der Waals surface area contributed by atoms with Crippen molar-refractivity contribution in [2.24, 2.45) is 0 Å². The summed E-state index contributed by atoms with van der Waals surface area (Å²) < 4.78 is 11.1. The maximum atomic E-state index is 5.85. The molecule has 0 radical (unpaired) electrons. The SMILES string of the molecule is C1CC(OC2CCOCC2)C1. The van der Waals surface area contributed by atoms with E-state index in [1.54, 1.807) is 0 Å². The van der Waals surface area contributed by atoms with Crippen LogP contribution in [0.4, 0.5) is 0 Å². The first kappa shape index (κ1) is 7.56. The second-order valence-corrected chi connectivity index (χ2v) is 3.50. The first-order chi connectivity index (χ1) is 5.45. The van der Waals surface area contributed by atoms with Gasteiger partial charge in [-0.05, 0) is 32.1 Å². The fraction of sp³-hybridized carbons (Fsp3) is 1.00. The number of ether oxygens (including phenoxy) is 2. The molecule has 2 nitrogen and oxygen atoms in total. The van der Waals surface area contributed by atoms with E-state index in [4.69, 9.17) is 9.47 Å². The molecule has 2 rings (SSSR count). The van der Waals surface area contributed by atoms with Gasteiger partial charge in [-0.1, -0.05) is 0 Å². The fourth-order valence-electron chi connectivity index (χ4n) is 1.59. The molecule has 0 bridgehead atoms. The summed E-state index contributed by atoms with van der Waals surface area (Å²) in [6, 6.07) is 0. The lowest BCUT2D eigenvalue weighted by molar-refractivity contribution is -0.0922. The molecule has 1 heterocycles. The molecule has 2 aliphatic rings. The Labute approximate surface area is 67.9 Å². The Morgan fingerprint density at radius 2 is 1.55 bits per heavy atom. The zero-order valence-electron chi connectivity index (χ0n) is 6.92. The van der Waals surface area contributed by atoms with Gasteiger partial charge in [0.25, 0.3) is 0 Å². The second kappa shape index (κ2) is 3.55. The molecule has 0 aromatic carbocycles. The number of hydrogen-bond acceptors (Lipinski definition) is 2. The average Bonchev–Trinajstić information content (AvgIpc) is 1.99. The van der Waals surface area contributed by atoms with Gasteiger partial charge in [-0.15, -0.1) is 0 Å². The third kappa shape index (κ3) is 1.94. The molecule has 0 amide bonds. The first-order valence-corrected chi connectivity index (χ1v) is 4.68. The van der Waals surface area contributed by atoms with Gasteiger partial charge in [-0.2, -0.15) is 0 Å². The van der Waals surface area contributed by atoms with Gasteiger partial charge in [0, 0.05) is 13.2 Å². The minimum atomic E-state index is 0.508. The third-order valence-electron chi connectivity index (χ3n) is 2.61.